The van der Waals surface area contributed by atoms with Crippen LogP contribution in [0.2, 0.25) is 0 Å². The van der Waals surface area contributed by atoms with E-state index in [9.17, 15) is 34.2 Å². The highest BCUT2D eigenvalue weighted by Crippen LogP contribution is 2.22. The van der Waals surface area contributed by atoms with Crippen molar-refractivity contribution >= 4 is 52.3 Å². The molecule has 0 saturated carbocycles. The number of hydrogen-bond donors (Lipinski definition) is 6. The second-order valence-electron chi connectivity index (χ2n) is 8.61. The Labute approximate surface area is 227 Å². The molecule has 0 fully saturated rings. The maximum atomic E-state index is 13.4. The molecule has 0 bridgehead atoms. The number of carboxylic acid groups (broad SMARTS) is 2. The van der Waals surface area contributed by atoms with Gasteiger partial charge < -0.3 is 32.3 Å². The highest BCUT2D eigenvalue weighted by molar-refractivity contribution is 6.17. The first-order valence-electron chi connectivity index (χ1n) is 11.7. The van der Waals surface area contributed by atoms with Crippen LogP contribution in [0.3, 0.4) is 0 Å². The predicted molar refractivity (Wildman–Crippen MR) is 148 cm³/mol. The van der Waals surface area contributed by atoms with Crippen LogP contribution in [-0.2, 0) is 0 Å². The minimum atomic E-state index is -1.38. The molecule has 8 N–H and O–H groups in total. The van der Waals surface area contributed by atoms with Gasteiger partial charge in [-0.05, 0) is 72.8 Å². The molecule has 40 heavy (non-hydrogen) atoms. The second-order valence-corrected chi connectivity index (χ2v) is 8.61. The summed E-state index contributed by atoms with van der Waals surface area (Å²) in [6, 6.07) is 19.3. The van der Waals surface area contributed by atoms with Crippen molar-refractivity contribution in [3.8, 4) is 0 Å². The van der Waals surface area contributed by atoms with Gasteiger partial charge in [-0.1, -0.05) is 12.1 Å². The number of benzene rings is 4. The zero-order valence-corrected chi connectivity index (χ0v) is 20.7. The lowest BCUT2D eigenvalue weighted by atomic mass is 9.95. The van der Waals surface area contributed by atoms with E-state index in [-0.39, 0.29) is 33.4 Å². The van der Waals surface area contributed by atoms with Crippen molar-refractivity contribution in [3.63, 3.8) is 0 Å². The van der Waals surface area contributed by atoms with Gasteiger partial charge in [0.1, 0.15) is 0 Å². The van der Waals surface area contributed by atoms with E-state index in [1.807, 2.05) is 0 Å². The van der Waals surface area contributed by atoms with Crippen LogP contribution in [0.5, 0.6) is 0 Å². The largest absolute Gasteiger partial charge is 0.478 e. The first kappa shape index (κ1) is 27.1. The zero-order chi connectivity index (χ0) is 29.0. The van der Waals surface area contributed by atoms with Gasteiger partial charge in [-0.3, -0.25) is 14.4 Å². The van der Waals surface area contributed by atoms with Crippen molar-refractivity contribution in [2.24, 2.45) is 0 Å². The van der Waals surface area contributed by atoms with Crippen LogP contribution in [0.25, 0.3) is 0 Å². The van der Waals surface area contributed by atoms with Crippen molar-refractivity contribution in [2.45, 2.75) is 0 Å². The van der Waals surface area contributed by atoms with Gasteiger partial charge in [0.25, 0.3) is 11.8 Å². The molecule has 0 heterocycles. The van der Waals surface area contributed by atoms with Crippen LogP contribution < -0.4 is 22.1 Å². The molecule has 0 aliphatic carbocycles. The third kappa shape index (κ3) is 5.94. The highest BCUT2D eigenvalue weighted by atomic mass is 16.4. The predicted octanol–water partition coefficient (Wildman–Crippen LogP) is 3.98. The molecule has 11 nitrogen and oxygen atoms in total. The Morgan fingerprint density at radius 2 is 0.850 bits per heavy atom. The highest BCUT2D eigenvalue weighted by Gasteiger charge is 2.23. The van der Waals surface area contributed by atoms with Crippen LogP contribution in [0.1, 0.15) is 57.4 Å². The fourth-order valence-corrected chi connectivity index (χ4v) is 3.82. The molecule has 0 atom stereocenters. The van der Waals surface area contributed by atoms with Crippen molar-refractivity contribution in [2.75, 3.05) is 22.1 Å². The molecule has 200 valence electrons. The van der Waals surface area contributed by atoms with E-state index in [0.29, 0.717) is 22.7 Å². The summed E-state index contributed by atoms with van der Waals surface area (Å²) >= 11 is 0. The Balaban J connectivity index is 1.68. The number of nitrogens with two attached hydrogens (primary N) is 2. The quantitative estimate of drug-likeness (QED) is 0.142. The summed E-state index contributed by atoms with van der Waals surface area (Å²) in [5.41, 5.74) is 11.6. The van der Waals surface area contributed by atoms with Crippen molar-refractivity contribution in [1.29, 1.82) is 0 Å². The number of hydrogen-bond acceptors (Lipinski definition) is 7. The van der Waals surface area contributed by atoms with Crippen LogP contribution in [0.15, 0.2) is 84.9 Å². The summed E-state index contributed by atoms with van der Waals surface area (Å²) in [6.45, 7) is 0. The van der Waals surface area contributed by atoms with E-state index in [4.69, 9.17) is 11.5 Å². The smallest absolute Gasteiger partial charge is 0.336 e. The maximum Gasteiger partial charge on any atom is 0.336 e. The van der Waals surface area contributed by atoms with Gasteiger partial charge in [0.15, 0.2) is 5.78 Å². The number of amides is 2. The van der Waals surface area contributed by atoms with Crippen LogP contribution in [0.4, 0.5) is 22.7 Å². The van der Waals surface area contributed by atoms with Gasteiger partial charge in [0, 0.05) is 33.9 Å². The number of carbonyl (C=O) groups excluding carboxylic acids is 3. The number of anilines is 4. The fourth-order valence-electron chi connectivity index (χ4n) is 3.82. The zero-order valence-electron chi connectivity index (χ0n) is 20.7. The van der Waals surface area contributed by atoms with E-state index >= 15 is 0 Å². The number of aromatic carboxylic acids is 2. The first-order chi connectivity index (χ1) is 19.0. The Morgan fingerprint density at radius 1 is 0.500 bits per heavy atom. The number of carboxylic acids is 2. The minimum absolute atomic E-state index is 0.0552. The number of carbonyl (C=O) groups is 5. The molecule has 0 radical (unpaired) electrons. The van der Waals surface area contributed by atoms with Crippen LogP contribution in [0, 0.1) is 0 Å². The summed E-state index contributed by atoms with van der Waals surface area (Å²) in [4.78, 5) is 62.8. The first-order valence-corrected chi connectivity index (χ1v) is 11.7. The fraction of sp³-hybridized carbons (Fsp3) is 0. The van der Waals surface area contributed by atoms with Crippen LogP contribution in [-0.4, -0.2) is 39.7 Å². The minimum Gasteiger partial charge on any atom is -0.478 e. The maximum absolute atomic E-state index is 13.4. The molecule has 4 rings (SSSR count). The van der Waals surface area contributed by atoms with Gasteiger partial charge in [-0.2, -0.15) is 0 Å². The second kappa shape index (κ2) is 11.2. The third-order valence-electron chi connectivity index (χ3n) is 5.85. The van der Waals surface area contributed by atoms with Gasteiger partial charge in [0.05, 0.1) is 22.3 Å². The molecule has 2 amide bonds. The van der Waals surface area contributed by atoms with Crippen molar-refractivity contribution in [1.82, 2.24) is 0 Å². The molecule has 0 aliphatic heterocycles. The van der Waals surface area contributed by atoms with Crippen molar-refractivity contribution < 1.29 is 34.2 Å². The lowest BCUT2D eigenvalue weighted by molar-refractivity contribution is 0.0683. The van der Waals surface area contributed by atoms with Crippen molar-refractivity contribution in [3.05, 3.63) is 118 Å². The van der Waals surface area contributed by atoms with Gasteiger partial charge in [0.2, 0.25) is 0 Å². The molecule has 4 aromatic rings. The summed E-state index contributed by atoms with van der Waals surface area (Å²) < 4.78 is 0. The SMILES string of the molecule is Nc1ccc(NC(=O)c2cc(C(=O)c3ccc(C(=O)O)c(C(=O)Nc4ccc(N)cc4)c3)ccc2C(=O)O)cc1. The molecule has 0 spiro atoms. The molecule has 0 aliphatic rings. The normalized spacial score (nSPS) is 10.4. The molecular weight excluding hydrogens is 516 g/mol. The van der Waals surface area contributed by atoms with Crippen LogP contribution >= 0.6 is 0 Å². The molecule has 0 saturated heterocycles. The number of ketones is 1. The topological polar surface area (TPSA) is 202 Å². The van der Waals surface area contributed by atoms with Gasteiger partial charge >= 0.3 is 11.9 Å². The Morgan fingerprint density at radius 3 is 1.18 bits per heavy atom. The van der Waals surface area contributed by atoms with E-state index in [2.05, 4.69) is 10.6 Å². The molecule has 0 unspecified atom stereocenters. The summed E-state index contributed by atoms with van der Waals surface area (Å²) in [7, 11) is 0. The average Bonchev–Trinajstić information content (AvgIpc) is 2.94. The van der Waals surface area contributed by atoms with Gasteiger partial charge in [-0.25, -0.2) is 9.59 Å². The number of nitrogens with one attached hydrogen (secondary N) is 2. The molecule has 11 heteroatoms. The van der Waals surface area contributed by atoms with E-state index in [1.165, 1.54) is 36.4 Å². The third-order valence-corrected chi connectivity index (χ3v) is 5.85. The van der Waals surface area contributed by atoms with E-state index in [1.54, 1.807) is 24.3 Å². The van der Waals surface area contributed by atoms with E-state index in [0.717, 1.165) is 24.3 Å². The molecular formula is C29H22N4O7. The summed E-state index contributed by atoms with van der Waals surface area (Å²) in [5.74, 6) is -4.98. The standard InChI is InChI=1S/C29H22N4O7/c30-17-3-7-19(8-4-17)32-26(35)23-13-15(1-11-21(23)28(37)38)25(34)16-2-12-22(29(39)40)24(14-16)27(36)33-20-9-5-18(31)6-10-20/h1-14H,30-31H2,(H,32,35)(H,33,36)(H,37,38)(H,39,40). The average molecular weight is 539 g/mol. The lowest BCUT2D eigenvalue weighted by Gasteiger charge is -2.12. The van der Waals surface area contributed by atoms with Gasteiger partial charge in [-0.15, -0.1) is 0 Å². The Bertz CT molecular complexity index is 1540. The molecule has 4 aromatic carbocycles. The lowest BCUT2D eigenvalue weighted by Crippen LogP contribution is -2.19. The monoisotopic (exact) mass is 538 g/mol. The van der Waals surface area contributed by atoms with E-state index < -0.39 is 29.5 Å². The number of nitrogen functional groups attached to an aromatic ring is 2. The number of rotatable bonds is 8. The summed E-state index contributed by atoms with van der Waals surface area (Å²) in [5, 5.41) is 24.3. The Hall–Kier alpha value is -5.97. The Kier molecular flexibility index (Phi) is 7.57. The molecule has 0 aromatic heterocycles. The summed E-state index contributed by atoms with van der Waals surface area (Å²) in [6.07, 6.45) is 0.